The molecule has 5 nitrogen and oxygen atoms in total. The maximum Gasteiger partial charge on any atom is 0.407 e. The van der Waals surface area contributed by atoms with Gasteiger partial charge < -0.3 is 15.4 Å². The quantitative estimate of drug-likeness (QED) is 0.819. The first-order valence-corrected chi connectivity index (χ1v) is 7.20. The first-order valence-electron chi connectivity index (χ1n) is 7.20. The topological polar surface area (TPSA) is 67.4 Å². The molecule has 1 rings (SSSR count). The van der Waals surface area contributed by atoms with Crippen molar-refractivity contribution < 1.29 is 18.7 Å². The Kier molecular flexibility index (Phi) is 6.34. The summed E-state index contributed by atoms with van der Waals surface area (Å²) in [7, 11) is 0. The lowest BCUT2D eigenvalue weighted by atomic mass is 10.2. The number of amides is 2. The minimum absolute atomic E-state index is 0.223. The van der Waals surface area contributed by atoms with Gasteiger partial charge in [0.2, 0.25) is 5.91 Å². The van der Waals surface area contributed by atoms with Gasteiger partial charge in [-0.15, -0.1) is 0 Å². The van der Waals surface area contributed by atoms with E-state index in [1.165, 1.54) is 12.1 Å². The lowest BCUT2D eigenvalue weighted by Crippen LogP contribution is -2.33. The summed E-state index contributed by atoms with van der Waals surface area (Å²) in [6.45, 7) is 7.47. The van der Waals surface area contributed by atoms with Gasteiger partial charge in [-0.05, 0) is 51.8 Å². The van der Waals surface area contributed by atoms with E-state index in [1.54, 1.807) is 33.8 Å². The molecule has 2 N–H and O–H groups in total. The van der Waals surface area contributed by atoms with E-state index < -0.39 is 17.5 Å². The van der Waals surface area contributed by atoms with Crippen LogP contribution in [0.3, 0.4) is 0 Å². The molecule has 0 saturated heterocycles. The average molecular weight is 310 g/mol. The molecule has 22 heavy (non-hydrogen) atoms. The van der Waals surface area contributed by atoms with Crippen molar-refractivity contribution >= 4 is 17.7 Å². The van der Waals surface area contributed by atoms with E-state index in [0.717, 1.165) is 5.56 Å². The van der Waals surface area contributed by atoms with Crippen LogP contribution in [0.25, 0.3) is 0 Å². The van der Waals surface area contributed by atoms with Gasteiger partial charge >= 0.3 is 6.09 Å². The van der Waals surface area contributed by atoms with Crippen molar-refractivity contribution in [3.63, 3.8) is 0 Å². The van der Waals surface area contributed by atoms with Crippen LogP contribution in [-0.4, -0.2) is 24.1 Å². The van der Waals surface area contributed by atoms with Gasteiger partial charge in [0, 0.05) is 18.7 Å². The molecule has 0 aliphatic heterocycles. The highest BCUT2D eigenvalue weighted by molar-refractivity contribution is 5.91. The first-order chi connectivity index (χ1) is 10.2. The molecule has 0 spiro atoms. The predicted molar refractivity (Wildman–Crippen MR) is 83.2 cm³/mol. The Balaban J connectivity index is 2.29. The Morgan fingerprint density at radius 1 is 1.27 bits per heavy atom. The molecule has 1 aromatic rings. The predicted octanol–water partition coefficient (Wildman–Crippen LogP) is 3.38. The van der Waals surface area contributed by atoms with Gasteiger partial charge in [-0.25, -0.2) is 9.18 Å². The Labute approximate surface area is 130 Å². The van der Waals surface area contributed by atoms with Crippen molar-refractivity contribution in [2.24, 2.45) is 0 Å². The van der Waals surface area contributed by atoms with E-state index in [0.29, 0.717) is 18.7 Å². The number of halogens is 1. The van der Waals surface area contributed by atoms with E-state index >= 15 is 0 Å². The highest BCUT2D eigenvalue weighted by Gasteiger charge is 2.15. The van der Waals surface area contributed by atoms with Crippen LogP contribution in [0, 0.1) is 12.7 Å². The Hall–Kier alpha value is -2.11. The van der Waals surface area contributed by atoms with E-state index in [-0.39, 0.29) is 12.3 Å². The summed E-state index contributed by atoms with van der Waals surface area (Å²) >= 11 is 0. The SMILES string of the molecule is Cc1ccc(F)cc1NC(=O)CCCNC(=O)OC(C)(C)C. The highest BCUT2D eigenvalue weighted by atomic mass is 19.1. The van der Waals surface area contributed by atoms with Crippen LogP contribution in [0.5, 0.6) is 0 Å². The molecule has 0 atom stereocenters. The Bertz CT molecular complexity index is 539. The number of anilines is 1. The fraction of sp³-hybridized carbons (Fsp3) is 0.500. The van der Waals surface area contributed by atoms with E-state index in [9.17, 15) is 14.0 Å². The number of hydrogen-bond acceptors (Lipinski definition) is 3. The van der Waals surface area contributed by atoms with Crippen LogP contribution >= 0.6 is 0 Å². The molecular formula is C16H23FN2O3. The van der Waals surface area contributed by atoms with Gasteiger partial charge in [-0.1, -0.05) is 6.07 Å². The van der Waals surface area contributed by atoms with Crippen LogP contribution in [0.4, 0.5) is 14.9 Å². The standard InChI is InChI=1S/C16H23FN2O3/c1-11-7-8-12(17)10-13(11)19-14(20)6-5-9-18-15(21)22-16(2,3)4/h7-8,10H,5-6,9H2,1-4H3,(H,18,21)(H,19,20). The van der Waals surface area contributed by atoms with Gasteiger partial charge in [0.25, 0.3) is 0 Å². The zero-order chi connectivity index (χ0) is 16.8. The minimum atomic E-state index is -0.545. The van der Waals surface area contributed by atoms with Gasteiger partial charge in [-0.2, -0.15) is 0 Å². The summed E-state index contributed by atoms with van der Waals surface area (Å²) < 4.78 is 18.2. The van der Waals surface area contributed by atoms with Gasteiger partial charge in [0.1, 0.15) is 11.4 Å². The van der Waals surface area contributed by atoms with Crippen molar-refractivity contribution in [1.82, 2.24) is 5.32 Å². The number of rotatable bonds is 5. The minimum Gasteiger partial charge on any atom is -0.444 e. The fourth-order valence-corrected chi connectivity index (χ4v) is 1.70. The molecule has 2 amide bonds. The second-order valence-corrected chi connectivity index (χ2v) is 6.04. The largest absolute Gasteiger partial charge is 0.444 e. The van der Waals surface area contributed by atoms with Crippen molar-refractivity contribution in [2.75, 3.05) is 11.9 Å². The third kappa shape index (κ3) is 7.06. The van der Waals surface area contributed by atoms with Crippen molar-refractivity contribution in [1.29, 1.82) is 0 Å². The molecule has 0 unspecified atom stereocenters. The molecule has 0 saturated carbocycles. The number of hydrogen-bond donors (Lipinski definition) is 2. The van der Waals surface area contributed by atoms with Crippen LogP contribution in [0.15, 0.2) is 18.2 Å². The maximum atomic E-state index is 13.1. The number of ether oxygens (including phenoxy) is 1. The van der Waals surface area contributed by atoms with Crippen LogP contribution in [-0.2, 0) is 9.53 Å². The van der Waals surface area contributed by atoms with Crippen molar-refractivity contribution in [3.8, 4) is 0 Å². The van der Waals surface area contributed by atoms with Crippen molar-refractivity contribution in [3.05, 3.63) is 29.6 Å². The first kappa shape index (κ1) is 17.9. The molecule has 122 valence electrons. The van der Waals surface area contributed by atoms with Gasteiger partial charge in [0.05, 0.1) is 0 Å². The summed E-state index contributed by atoms with van der Waals surface area (Å²) in [5.41, 5.74) is 0.711. The van der Waals surface area contributed by atoms with Crippen molar-refractivity contribution in [2.45, 2.75) is 46.1 Å². The third-order valence-corrected chi connectivity index (χ3v) is 2.72. The van der Waals surface area contributed by atoms with Gasteiger partial charge in [-0.3, -0.25) is 4.79 Å². The summed E-state index contributed by atoms with van der Waals surface area (Å²) in [6.07, 6.45) is 0.194. The second-order valence-electron chi connectivity index (χ2n) is 6.04. The van der Waals surface area contributed by atoms with Gasteiger partial charge in [0.15, 0.2) is 0 Å². The van der Waals surface area contributed by atoms with Crippen LogP contribution in [0.2, 0.25) is 0 Å². The molecule has 0 aromatic heterocycles. The molecule has 0 radical (unpaired) electrons. The highest BCUT2D eigenvalue weighted by Crippen LogP contribution is 2.16. The molecule has 1 aromatic carbocycles. The summed E-state index contributed by atoms with van der Waals surface area (Å²) in [4.78, 5) is 23.2. The zero-order valence-electron chi connectivity index (χ0n) is 13.5. The monoisotopic (exact) mass is 310 g/mol. The fourth-order valence-electron chi connectivity index (χ4n) is 1.70. The normalized spacial score (nSPS) is 11.0. The average Bonchev–Trinajstić information content (AvgIpc) is 2.37. The maximum absolute atomic E-state index is 13.1. The molecule has 0 fully saturated rings. The number of carbonyl (C=O) groups is 2. The molecule has 0 bridgehead atoms. The zero-order valence-corrected chi connectivity index (χ0v) is 13.5. The van der Waals surface area contributed by atoms with E-state index in [1.807, 2.05) is 0 Å². The Morgan fingerprint density at radius 2 is 1.95 bits per heavy atom. The molecule has 0 heterocycles. The number of benzene rings is 1. The lowest BCUT2D eigenvalue weighted by molar-refractivity contribution is -0.116. The smallest absolute Gasteiger partial charge is 0.407 e. The Morgan fingerprint density at radius 3 is 2.59 bits per heavy atom. The van der Waals surface area contributed by atoms with E-state index in [2.05, 4.69) is 10.6 Å². The summed E-state index contributed by atoms with van der Waals surface area (Å²) in [5.74, 6) is -0.618. The van der Waals surface area contributed by atoms with E-state index in [4.69, 9.17) is 4.74 Å². The van der Waals surface area contributed by atoms with Crippen LogP contribution in [0.1, 0.15) is 39.2 Å². The third-order valence-electron chi connectivity index (χ3n) is 2.72. The summed E-state index contributed by atoms with van der Waals surface area (Å²) in [5, 5.41) is 5.23. The molecule has 0 aliphatic carbocycles. The molecule has 0 aliphatic rings. The van der Waals surface area contributed by atoms with Crippen LogP contribution < -0.4 is 10.6 Å². The summed E-state index contributed by atoms with van der Waals surface area (Å²) in [6, 6.07) is 4.23. The number of alkyl carbamates (subject to hydrolysis) is 1. The second kappa shape index (κ2) is 7.77. The molecule has 6 heteroatoms. The lowest BCUT2D eigenvalue weighted by Gasteiger charge is -2.19. The number of aryl methyl sites for hydroxylation is 1. The number of carbonyl (C=O) groups excluding carboxylic acids is 2. The molecular weight excluding hydrogens is 287 g/mol. The number of nitrogens with one attached hydrogen (secondary N) is 2.